The van der Waals surface area contributed by atoms with Crippen molar-refractivity contribution in [2.75, 3.05) is 14.2 Å². The molecule has 42 valence electrons. The van der Waals surface area contributed by atoms with E-state index in [1.165, 1.54) is 0 Å². The van der Waals surface area contributed by atoms with Gasteiger partial charge >= 0.3 is 0 Å². The molecule has 7 heavy (non-hydrogen) atoms. The van der Waals surface area contributed by atoms with E-state index in [9.17, 15) is 0 Å². The Balaban J connectivity index is 0. The lowest BCUT2D eigenvalue weighted by Gasteiger charge is -2.22. The third-order valence-electron chi connectivity index (χ3n) is 0.811. The molecule has 3 heteroatoms. The SMILES string of the molecule is CO[C](C)([Al])OC.[HH]. The summed E-state index contributed by atoms with van der Waals surface area (Å²) in [6.07, 6.45) is 0. The molecule has 0 saturated carbocycles. The molecular weight excluding hydrogens is 107 g/mol. The number of rotatable bonds is 2. The summed E-state index contributed by atoms with van der Waals surface area (Å²) in [5.74, 6) is 0. The van der Waals surface area contributed by atoms with Gasteiger partial charge in [-0.1, -0.05) is 0 Å². The van der Waals surface area contributed by atoms with Gasteiger partial charge in [-0.2, -0.15) is 0 Å². The van der Waals surface area contributed by atoms with Crippen molar-refractivity contribution in [2.45, 2.75) is 11.6 Å². The fourth-order valence-corrected chi connectivity index (χ4v) is 0.0833. The molecule has 0 spiro atoms. The van der Waals surface area contributed by atoms with Crippen LogP contribution in [-0.2, 0) is 9.47 Å². The number of methoxy groups -OCH3 is 2. The molecule has 0 aliphatic heterocycles. The lowest BCUT2D eigenvalue weighted by Crippen LogP contribution is -2.29. The summed E-state index contributed by atoms with van der Waals surface area (Å²) >= 11 is 2.42. The van der Waals surface area contributed by atoms with Crippen LogP contribution in [0.3, 0.4) is 0 Å². The van der Waals surface area contributed by atoms with Crippen molar-refractivity contribution in [1.82, 2.24) is 0 Å². The van der Waals surface area contributed by atoms with Crippen LogP contribution in [0.2, 0.25) is 0 Å². The minimum Gasteiger partial charge on any atom is -0.371 e. The van der Waals surface area contributed by atoms with Gasteiger partial charge in [-0.25, -0.2) is 0 Å². The highest BCUT2D eigenvalue weighted by Gasteiger charge is 2.09. The molecule has 0 saturated heterocycles. The van der Waals surface area contributed by atoms with Gasteiger partial charge in [-0.15, -0.1) is 0 Å². The van der Waals surface area contributed by atoms with Crippen molar-refractivity contribution >= 4 is 16.3 Å². The fourth-order valence-electron chi connectivity index (χ4n) is 0.0833. The molecule has 0 aromatic heterocycles. The second-order valence-corrected chi connectivity index (χ2v) is 2.47. The van der Waals surface area contributed by atoms with Gasteiger partial charge in [0.25, 0.3) is 0 Å². The Kier molecular flexibility index (Phi) is 2.86. The molecule has 0 aromatic carbocycles. The summed E-state index contributed by atoms with van der Waals surface area (Å²) in [7, 11) is 3.19. The number of ether oxygens (including phenoxy) is 2. The third kappa shape index (κ3) is 3.07. The zero-order valence-corrected chi connectivity index (χ0v) is 6.05. The smallest absolute Gasteiger partial charge is 0.225 e. The molecule has 0 aromatic rings. The van der Waals surface area contributed by atoms with Crippen LogP contribution in [-0.4, -0.2) is 35.2 Å². The van der Waals surface area contributed by atoms with E-state index in [1.54, 1.807) is 14.2 Å². The molecule has 0 bridgehead atoms. The van der Waals surface area contributed by atoms with Crippen molar-refractivity contribution in [3.8, 4) is 0 Å². The Labute approximate surface area is 53.7 Å². The molecule has 0 amide bonds. The molecule has 0 unspecified atom stereocenters. The molecular formula is C4H11AlO2. The van der Waals surface area contributed by atoms with E-state index in [2.05, 4.69) is 16.3 Å². The van der Waals surface area contributed by atoms with Crippen LogP contribution < -0.4 is 0 Å². The van der Waals surface area contributed by atoms with E-state index in [-0.39, 0.29) is 1.43 Å². The van der Waals surface area contributed by atoms with Gasteiger partial charge in [-0.05, 0) is 6.92 Å². The van der Waals surface area contributed by atoms with Crippen LogP contribution in [0.4, 0.5) is 0 Å². The summed E-state index contributed by atoms with van der Waals surface area (Å²) < 4.78 is 9.16. The zero-order valence-electron chi connectivity index (χ0n) is 4.89. The standard InChI is InChI=1S/C4H9O2.Al.H2/c1-4(5-2)6-3;;/h1-3H3;;1H. The Bertz CT molecular complexity index is 52.0. The Morgan fingerprint density at radius 2 is 1.71 bits per heavy atom. The minimum absolute atomic E-state index is 0. The Morgan fingerprint density at radius 3 is 1.71 bits per heavy atom. The van der Waals surface area contributed by atoms with Gasteiger partial charge in [0, 0.05) is 15.6 Å². The van der Waals surface area contributed by atoms with Crippen LogP contribution in [0.1, 0.15) is 8.35 Å². The van der Waals surface area contributed by atoms with Crippen molar-refractivity contribution < 1.29 is 10.9 Å². The summed E-state index contributed by atoms with van der Waals surface area (Å²) in [6.45, 7) is 1.82. The summed E-state index contributed by atoms with van der Waals surface area (Å²) in [4.78, 5) is 0. The first-order valence-electron chi connectivity index (χ1n) is 2.01. The van der Waals surface area contributed by atoms with Gasteiger partial charge in [0.15, 0.2) is 0 Å². The van der Waals surface area contributed by atoms with Gasteiger partial charge in [0.05, 0.1) is 4.65 Å². The van der Waals surface area contributed by atoms with Crippen molar-refractivity contribution in [3.05, 3.63) is 0 Å². The average Bonchev–Trinajstić information content (AvgIpc) is 1.68. The topological polar surface area (TPSA) is 18.5 Å². The first-order valence-corrected chi connectivity index (χ1v) is 2.59. The molecule has 0 fully saturated rings. The third-order valence-corrected chi connectivity index (χ3v) is 1.28. The van der Waals surface area contributed by atoms with E-state index >= 15 is 0 Å². The van der Waals surface area contributed by atoms with Gasteiger partial charge < -0.3 is 9.47 Å². The molecule has 0 aliphatic carbocycles. The van der Waals surface area contributed by atoms with Crippen LogP contribution in [0, 0.1) is 0 Å². The summed E-state index contributed by atoms with van der Waals surface area (Å²) in [5, 5.41) is 0. The first kappa shape index (κ1) is 7.45. The molecule has 2 radical (unpaired) electrons. The second-order valence-electron chi connectivity index (χ2n) is 1.42. The number of hydrogen-bond acceptors (Lipinski definition) is 2. The quantitative estimate of drug-likeness (QED) is 0.385. The lowest BCUT2D eigenvalue weighted by atomic mass is 10.7. The van der Waals surface area contributed by atoms with Crippen molar-refractivity contribution in [1.29, 1.82) is 0 Å². The monoisotopic (exact) mass is 118 g/mol. The molecule has 0 rings (SSSR count). The van der Waals surface area contributed by atoms with Crippen LogP contribution in [0.5, 0.6) is 0 Å². The molecule has 0 heterocycles. The predicted molar refractivity (Wildman–Crippen MR) is 30.3 cm³/mol. The average molecular weight is 118 g/mol. The van der Waals surface area contributed by atoms with Gasteiger partial charge in [0.1, 0.15) is 0 Å². The zero-order chi connectivity index (χ0) is 5.91. The highest BCUT2D eigenvalue weighted by atomic mass is 27.0. The minimum atomic E-state index is -0.500. The summed E-state index contributed by atoms with van der Waals surface area (Å²) in [5.41, 5.74) is 0. The Hall–Kier alpha value is 0.452. The number of hydrogen-bond donors (Lipinski definition) is 0. The van der Waals surface area contributed by atoms with Gasteiger partial charge in [-0.3, -0.25) is 0 Å². The fraction of sp³-hybridized carbons (Fsp3) is 1.00. The van der Waals surface area contributed by atoms with Crippen LogP contribution in [0.15, 0.2) is 0 Å². The van der Waals surface area contributed by atoms with Crippen molar-refractivity contribution in [3.63, 3.8) is 0 Å². The first-order chi connectivity index (χ1) is 3.12. The maximum atomic E-state index is 4.83. The van der Waals surface area contributed by atoms with E-state index in [4.69, 9.17) is 9.47 Å². The molecule has 0 N–H and O–H groups in total. The Morgan fingerprint density at radius 1 is 1.43 bits per heavy atom. The highest BCUT2D eigenvalue weighted by Crippen LogP contribution is 2.00. The largest absolute Gasteiger partial charge is 0.371 e. The van der Waals surface area contributed by atoms with Crippen LogP contribution in [0.25, 0.3) is 0 Å². The van der Waals surface area contributed by atoms with Crippen LogP contribution >= 0.6 is 0 Å². The van der Waals surface area contributed by atoms with E-state index in [0.717, 1.165) is 0 Å². The lowest BCUT2D eigenvalue weighted by molar-refractivity contribution is -0.127. The summed E-state index contributed by atoms with van der Waals surface area (Å²) in [6, 6.07) is 0. The predicted octanol–water partition coefficient (Wildman–Crippen LogP) is 0.367. The molecule has 2 nitrogen and oxygen atoms in total. The molecule has 0 atom stereocenters. The molecule has 0 aliphatic rings. The van der Waals surface area contributed by atoms with E-state index in [1.807, 2.05) is 6.92 Å². The second kappa shape index (κ2) is 2.69. The van der Waals surface area contributed by atoms with Gasteiger partial charge in [0.2, 0.25) is 16.3 Å². The van der Waals surface area contributed by atoms with Crippen molar-refractivity contribution in [2.24, 2.45) is 0 Å². The highest BCUT2D eigenvalue weighted by molar-refractivity contribution is 6.13. The normalized spacial score (nSPS) is 11.9. The maximum absolute atomic E-state index is 4.83. The van der Waals surface area contributed by atoms with E-state index < -0.39 is 4.65 Å². The maximum Gasteiger partial charge on any atom is 0.225 e. The van der Waals surface area contributed by atoms with E-state index in [0.29, 0.717) is 0 Å².